The average molecular weight is 248 g/mol. The molecule has 2 heteroatoms. The van der Waals surface area contributed by atoms with Crippen LogP contribution in [0.2, 0.25) is 0 Å². The van der Waals surface area contributed by atoms with Gasteiger partial charge in [-0.2, -0.15) is 0 Å². The molecule has 0 aliphatic carbocycles. The van der Waals surface area contributed by atoms with Crippen LogP contribution in [0.1, 0.15) is 53.4 Å². The van der Waals surface area contributed by atoms with Crippen molar-refractivity contribution >= 4 is 11.6 Å². The number of alkyl halides is 1. The van der Waals surface area contributed by atoms with E-state index in [9.17, 15) is 0 Å². The second-order valence-electron chi connectivity index (χ2n) is 5.65. The molecule has 0 aromatic rings. The van der Waals surface area contributed by atoms with Crippen LogP contribution >= 0.6 is 11.6 Å². The summed E-state index contributed by atoms with van der Waals surface area (Å²) in [5.41, 5.74) is 0. The number of hydrogen-bond acceptors (Lipinski definition) is 1. The van der Waals surface area contributed by atoms with Crippen LogP contribution in [0.15, 0.2) is 0 Å². The minimum absolute atomic E-state index is 0.779. The van der Waals surface area contributed by atoms with Crippen molar-refractivity contribution in [2.45, 2.75) is 53.4 Å². The zero-order valence-electron chi connectivity index (χ0n) is 11.6. The smallest absolute Gasteiger partial charge is 0.0223 e. The highest BCUT2D eigenvalue weighted by molar-refractivity contribution is 6.17. The lowest BCUT2D eigenvalue weighted by Crippen LogP contribution is -2.32. The Balaban J connectivity index is 3.65. The molecule has 0 heterocycles. The fourth-order valence-electron chi connectivity index (χ4n) is 2.07. The van der Waals surface area contributed by atoms with Gasteiger partial charge in [0.2, 0.25) is 0 Å². The quantitative estimate of drug-likeness (QED) is 0.409. The van der Waals surface area contributed by atoms with Crippen LogP contribution in [-0.2, 0) is 0 Å². The van der Waals surface area contributed by atoms with Crippen molar-refractivity contribution in [2.24, 2.45) is 11.8 Å². The van der Waals surface area contributed by atoms with E-state index >= 15 is 0 Å². The van der Waals surface area contributed by atoms with Crippen LogP contribution in [-0.4, -0.2) is 30.4 Å². The molecule has 98 valence electrons. The maximum Gasteiger partial charge on any atom is 0.0223 e. The highest BCUT2D eigenvalue weighted by atomic mass is 35.5. The molecule has 0 aromatic heterocycles. The van der Waals surface area contributed by atoms with Gasteiger partial charge in [-0.3, -0.25) is 0 Å². The molecule has 0 N–H and O–H groups in total. The van der Waals surface area contributed by atoms with Crippen molar-refractivity contribution in [3.8, 4) is 0 Å². The third-order valence-electron chi connectivity index (χ3n) is 2.60. The monoisotopic (exact) mass is 247 g/mol. The Morgan fingerprint density at radius 3 is 1.75 bits per heavy atom. The van der Waals surface area contributed by atoms with Gasteiger partial charge in [0.25, 0.3) is 0 Å². The molecule has 0 saturated carbocycles. The van der Waals surface area contributed by atoms with Gasteiger partial charge in [-0.05, 0) is 31.2 Å². The van der Waals surface area contributed by atoms with Gasteiger partial charge in [0.1, 0.15) is 0 Å². The van der Waals surface area contributed by atoms with Crippen molar-refractivity contribution in [1.29, 1.82) is 0 Å². The summed E-state index contributed by atoms with van der Waals surface area (Å²) < 4.78 is 0. The zero-order chi connectivity index (χ0) is 12.4. The Kier molecular flexibility index (Phi) is 10.6. The minimum atomic E-state index is 0.779. The van der Waals surface area contributed by atoms with Crippen molar-refractivity contribution in [2.75, 3.05) is 25.5 Å². The highest BCUT2D eigenvalue weighted by Crippen LogP contribution is 2.07. The van der Waals surface area contributed by atoms with Gasteiger partial charge < -0.3 is 4.90 Å². The summed E-state index contributed by atoms with van der Waals surface area (Å²) >= 11 is 5.67. The summed E-state index contributed by atoms with van der Waals surface area (Å²) in [5, 5.41) is 0. The van der Waals surface area contributed by atoms with Crippen LogP contribution in [0, 0.1) is 11.8 Å². The van der Waals surface area contributed by atoms with Crippen molar-refractivity contribution in [3.05, 3.63) is 0 Å². The maximum absolute atomic E-state index is 5.67. The Labute approximate surface area is 108 Å². The van der Waals surface area contributed by atoms with Gasteiger partial charge in [-0.15, -0.1) is 11.6 Å². The van der Waals surface area contributed by atoms with Gasteiger partial charge in [0, 0.05) is 19.0 Å². The lowest BCUT2D eigenvalue weighted by atomic mass is 10.1. The summed E-state index contributed by atoms with van der Waals surface area (Å²) in [7, 11) is 0. The molecule has 1 nitrogen and oxygen atoms in total. The van der Waals surface area contributed by atoms with Crippen molar-refractivity contribution in [3.63, 3.8) is 0 Å². The van der Waals surface area contributed by atoms with Crippen LogP contribution in [0.4, 0.5) is 0 Å². The molecule has 0 saturated heterocycles. The van der Waals surface area contributed by atoms with Gasteiger partial charge in [0.05, 0.1) is 0 Å². The molecule has 0 unspecified atom stereocenters. The molecule has 0 aromatic carbocycles. The fraction of sp³-hybridized carbons (Fsp3) is 1.00. The van der Waals surface area contributed by atoms with E-state index < -0.39 is 0 Å². The van der Waals surface area contributed by atoms with Gasteiger partial charge in [-0.25, -0.2) is 0 Å². The van der Waals surface area contributed by atoms with E-state index in [0.717, 1.165) is 17.7 Å². The minimum Gasteiger partial charge on any atom is -0.303 e. The summed E-state index contributed by atoms with van der Waals surface area (Å²) in [6.45, 7) is 13.0. The van der Waals surface area contributed by atoms with Gasteiger partial charge in [-0.1, -0.05) is 40.5 Å². The number of halogens is 1. The molecule has 16 heavy (non-hydrogen) atoms. The van der Waals surface area contributed by atoms with Crippen molar-refractivity contribution < 1.29 is 0 Å². The standard InChI is InChI=1S/C14H30ClN/c1-13(2)11-16(12-14(3)4)10-8-6-5-7-9-15/h13-14H,5-12H2,1-4H3. The fourth-order valence-corrected chi connectivity index (χ4v) is 2.26. The summed E-state index contributed by atoms with van der Waals surface area (Å²) in [5.74, 6) is 2.38. The van der Waals surface area contributed by atoms with Gasteiger partial charge >= 0.3 is 0 Å². The molecule has 0 amide bonds. The van der Waals surface area contributed by atoms with E-state index in [1.54, 1.807) is 0 Å². The first kappa shape index (κ1) is 16.2. The Morgan fingerprint density at radius 1 is 0.812 bits per heavy atom. The number of nitrogens with zero attached hydrogens (tertiary/aromatic N) is 1. The van der Waals surface area contributed by atoms with Crippen molar-refractivity contribution in [1.82, 2.24) is 4.90 Å². The zero-order valence-corrected chi connectivity index (χ0v) is 12.4. The summed E-state index contributed by atoms with van der Waals surface area (Å²) in [4.78, 5) is 2.62. The first-order chi connectivity index (χ1) is 7.56. The molecule has 0 bridgehead atoms. The van der Waals surface area contributed by atoms with Crippen LogP contribution in [0.25, 0.3) is 0 Å². The number of unbranched alkanes of at least 4 members (excludes halogenated alkanes) is 3. The van der Waals surface area contributed by atoms with Crippen LogP contribution in [0.3, 0.4) is 0 Å². The van der Waals surface area contributed by atoms with E-state index in [-0.39, 0.29) is 0 Å². The Hall–Kier alpha value is 0.250. The molecule has 0 aliphatic rings. The predicted octanol–water partition coefficient (Wildman–Crippen LogP) is 4.40. The largest absolute Gasteiger partial charge is 0.303 e. The molecule has 0 fully saturated rings. The number of hydrogen-bond donors (Lipinski definition) is 0. The lowest BCUT2D eigenvalue weighted by Gasteiger charge is -2.26. The normalized spacial score (nSPS) is 12.0. The lowest BCUT2D eigenvalue weighted by molar-refractivity contribution is 0.215. The van der Waals surface area contributed by atoms with E-state index in [0.29, 0.717) is 0 Å². The highest BCUT2D eigenvalue weighted by Gasteiger charge is 2.08. The predicted molar refractivity (Wildman–Crippen MR) is 75.3 cm³/mol. The molecule has 0 aliphatic heterocycles. The second-order valence-corrected chi connectivity index (χ2v) is 6.03. The topological polar surface area (TPSA) is 3.24 Å². The molecule has 0 rings (SSSR count). The van der Waals surface area contributed by atoms with E-state index in [1.807, 2.05) is 0 Å². The third-order valence-corrected chi connectivity index (χ3v) is 2.87. The van der Waals surface area contributed by atoms with E-state index in [2.05, 4.69) is 32.6 Å². The molecular formula is C14H30ClN. The summed E-state index contributed by atoms with van der Waals surface area (Å²) in [6, 6.07) is 0. The second kappa shape index (κ2) is 10.4. The van der Waals surface area contributed by atoms with Crippen LogP contribution in [0.5, 0.6) is 0 Å². The van der Waals surface area contributed by atoms with Crippen LogP contribution < -0.4 is 0 Å². The van der Waals surface area contributed by atoms with E-state index in [1.165, 1.54) is 45.3 Å². The third kappa shape index (κ3) is 10.8. The maximum atomic E-state index is 5.67. The number of rotatable bonds is 10. The first-order valence-electron chi connectivity index (χ1n) is 6.84. The molecular weight excluding hydrogens is 218 g/mol. The molecule has 0 spiro atoms. The first-order valence-corrected chi connectivity index (χ1v) is 7.38. The molecule has 0 radical (unpaired) electrons. The SMILES string of the molecule is CC(C)CN(CCCCCCCl)CC(C)C. The Morgan fingerprint density at radius 2 is 1.31 bits per heavy atom. The van der Waals surface area contributed by atoms with E-state index in [4.69, 9.17) is 11.6 Å². The average Bonchev–Trinajstić information content (AvgIpc) is 2.15. The van der Waals surface area contributed by atoms with Gasteiger partial charge in [0.15, 0.2) is 0 Å². The summed E-state index contributed by atoms with van der Waals surface area (Å²) in [6.07, 6.45) is 5.13. The molecule has 0 atom stereocenters. The Bertz CT molecular complexity index is 136.